The predicted molar refractivity (Wildman–Crippen MR) is 70.2 cm³/mol. The van der Waals surface area contributed by atoms with E-state index in [4.69, 9.17) is 17.3 Å². The van der Waals surface area contributed by atoms with E-state index in [2.05, 4.69) is 20.3 Å². The van der Waals surface area contributed by atoms with Crippen LogP contribution < -0.4 is 11.1 Å². The van der Waals surface area contributed by atoms with Gasteiger partial charge in [0.05, 0.1) is 5.54 Å². The lowest BCUT2D eigenvalue weighted by Crippen LogP contribution is -2.28. The average Bonchev–Trinajstić information content (AvgIpc) is 2.78. The molecule has 2 rings (SSSR count). The Balaban J connectivity index is 2.29. The number of rotatable bonds is 3. The zero-order valence-corrected chi connectivity index (χ0v) is 11.0. The third-order valence-corrected chi connectivity index (χ3v) is 3.68. The van der Waals surface area contributed by atoms with Crippen LogP contribution in [-0.4, -0.2) is 15.0 Å². The normalized spacial score (nSPS) is 11.5. The second-order valence-corrected chi connectivity index (χ2v) is 5.28. The van der Waals surface area contributed by atoms with Crippen LogP contribution in [-0.2, 0) is 5.54 Å². The van der Waals surface area contributed by atoms with Crippen molar-refractivity contribution in [1.29, 1.82) is 0 Å². The maximum Gasteiger partial charge on any atom is 0.151 e. The van der Waals surface area contributed by atoms with Crippen molar-refractivity contribution in [1.82, 2.24) is 15.0 Å². The molecule has 5 nitrogen and oxygen atoms in total. The molecule has 0 atom stereocenters. The van der Waals surface area contributed by atoms with E-state index >= 15 is 0 Å². The van der Waals surface area contributed by atoms with Crippen LogP contribution in [0.4, 0.5) is 11.6 Å². The molecule has 0 radical (unpaired) electrons. The first-order chi connectivity index (χ1) is 8.00. The summed E-state index contributed by atoms with van der Waals surface area (Å²) in [6, 6.07) is 0. The first kappa shape index (κ1) is 12.1. The van der Waals surface area contributed by atoms with Gasteiger partial charge in [0.1, 0.15) is 22.2 Å². The summed E-state index contributed by atoms with van der Waals surface area (Å²) in [6.07, 6.45) is 3.14. The summed E-state index contributed by atoms with van der Waals surface area (Å²) in [5.74, 6) is 0.776. The highest BCUT2D eigenvalue weighted by Crippen LogP contribution is 2.31. The Morgan fingerprint density at radius 1 is 1.35 bits per heavy atom. The third-order valence-electron chi connectivity index (χ3n) is 2.21. The van der Waals surface area contributed by atoms with Crippen LogP contribution in [0, 0.1) is 0 Å². The van der Waals surface area contributed by atoms with Crippen molar-refractivity contribution in [2.75, 3.05) is 11.1 Å². The zero-order valence-electron chi connectivity index (χ0n) is 9.44. The Kier molecular flexibility index (Phi) is 3.17. The second kappa shape index (κ2) is 4.46. The molecule has 0 saturated carbocycles. The molecule has 0 fully saturated rings. The van der Waals surface area contributed by atoms with Crippen molar-refractivity contribution in [3.05, 3.63) is 27.9 Å². The number of halogens is 1. The Morgan fingerprint density at radius 3 is 2.76 bits per heavy atom. The Morgan fingerprint density at radius 2 is 2.12 bits per heavy atom. The summed E-state index contributed by atoms with van der Waals surface area (Å²) >= 11 is 7.60. The second-order valence-electron chi connectivity index (χ2n) is 4.01. The van der Waals surface area contributed by atoms with E-state index in [1.807, 2.05) is 19.2 Å². The zero-order chi connectivity index (χ0) is 12.5. The van der Waals surface area contributed by atoms with Crippen molar-refractivity contribution in [2.24, 2.45) is 0 Å². The highest BCUT2D eigenvalue weighted by atomic mass is 35.5. The number of nitrogens with two attached hydrogens (primary N) is 1. The van der Waals surface area contributed by atoms with Gasteiger partial charge in [-0.3, -0.25) is 0 Å². The molecule has 2 aromatic heterocycles. The van der Waals surface area contributed by atoms with E-state index in [0.29, 0.717) is 10.8 Å². The predicted octanol–water partition coefficient (Wildman–Crippen LogP) is 2.52. The lowest BCUT2D eigenvalue weighted by atomic mass is 10.1. The summed E-state index contributed by atoms with van der Waals surface area (Å²) in [5.41, 5.74) is 5.26. The van der Waals surface area contributed by atoms with Crippen molar-refractivity contribution >= 4 is 34.6 Å². The number of anilines is 2. The van der Waals surface area contributed by atoms with Crippen molar-refractivity contribution in [3.63, 3.8) is 0 Å². The van der Waals surface area contributed by atoms with E-state index in [-0.39, 0.29) is 11.4 Å². The molecule has 0 aliphatic rings. The molecule has 17 heavy (non-hydrogen) atoms. The fourth-order valence-electron chi connectivity index (χ4n) is 1.35. The molecule has 0 amide bonds. The monoisotopic (exact) mass is 269 g/mol. The van der Waals surface area contributed by atoms with E-state index in [9.17, 15) is 0 Å². The minimum atomic E-state index is -0.363. The van der Waals surface area contributed by atoms with E-state index in [0.717, 1.165) is 5.01 Å². The molecule has 0 aromatic carbocycles. The maximum absolute atomic E-state index is 6.03. The van der Waals surface area contributed by atoms with Gasteiger partial charge in [-0.15, -0.1) is 11.3 Å². The number of nitrogens with one attached hydrogen (secondary N) is 1. The number of nitrogen functional groups attached to an aromatic ring is 1. The number of hydrogen-bond acceptors (Lipinski definition) is 6. The molecular formula is C10H12ClN5S. The van der Waals surface area contributed by atoms with Gasteiger partial charge >= 0.3 is 0 Å². The summed E-state index contributed by atoms with van der Waals surface area (Å²) < 4.78 is 0. The van der Waals surface area contributed by atoms with Gasteiger partial charge in [-0.25, -0.2) is 15.0 Å². The molecular weight excluding hydrogens is 258 g/mol. The molecule has 0 bridgehead atoms. The van der Waals surface area contributed by atoms with Gasteiger partial charge in [0.2, 0.25) is 0 Å². The van der Waals surface area contributed by atoms with Gasteiger partial charge < -0.3 is 11.1 Å². The van der Waals surface area contributed by atoms with Gasteiger partial charge in [0.15, 0.2) is 5.82 Å². The van der Waals surface area contributed by atoms with Crippen LogP contribution >= 0.6 is 22.9 Å². The number of aromatic nitrogens is 3. The largest absolute Gasteiger partial charge is 0.382 e. The van der Waals surface area contributed by atoms with Crippen LogP contribution in [0.3, 0.4) is 0 Å². The fourth-order valence-corrected chi connectivity index (χ4v) is 2.22. The highest BCUT2D eigenvalue weighted by Gasteiger charge is 2.25. The molecule has 0 saturated heterocycles. The van der Waals surface area contributed by atoms with Gasteiger partial charge in [-0.2, -0.15) is 0 Å². The molecule has 0 unspecified atom stereocenters. The number of hydrogen-bond donors (Lipinski definition) is 2. The van der Waals surface area contributed by atoms with Crippen molar-refractivity contribution < 1.29 is 0 Å². The lowest BCUT2D eigenvalue weighted by Gasteiger charge is -2.24. The minimum Gasteiger partial charge on any atom is -0.382 e. The van der Waals surface area contributed by atoms with Gasteiger partial charge in [-0.05, 0) is 13.8 Å². The van der Waals surface area contributed by atoms with Crippen LogP contribution in [0.5, 0.6) is 0 Å². The van der Waals surface area contributed by atoms with Gasteiger partial charge in [0.25, 0.3) is 0 Å². The summed E-state index contributed by atoms with van der Waals surface area (Å²) in [4.78, 5) is 12.2. The molecule has 0 aliphatic heterocycles. The SMILES string of the molecule is CC(C)(Nc1ncnc(N)c1Cl)c1nccs1. The van der Waals surface area contributed by atoms with E-state index in [1.54, 1.807) is 17.5 Å². The minimum absolute atomic E-state index is 0.263. The molecule has 3 N–H and O–H groups in total. The number of nitrogens with zero attached hydrogens (tertiary/aromatic N) is 3. The van der Waals surface area contributed by atoms with Crippen LogP contribution in [0.25, 0.3) is 0 Å². The fraction of sp³-hybridized carbons (Fsp3) is 0.300. The Hall–Kier alpha value is -1.40. The summed E-state index contributed by atoms with van der Waals surface area (Å²) in [7, 11) is 0. The quantitative estimate of drug-likeness (QED) is 0.895. The molecule has 2 heterocycles. The van der Waals surface area contributed by atoms with Crippen molar-refractivity contribution in [2.45, 2.75) is 19.4 Å². The smallest absolute Gasteiger partial charge is 0.151 e. The Bertz CT molecular complexity index is 511. The van der Waals surface area contributed by atoms with Gasteiger partial charge in [0, 0.05) is 11.6 Å². The highest BCUT2D eigenvalue weighted by molar-refractivity contribution is 7.09. The molecule has 7 heteroatoms. The first-order valence-corrected chi connectivity index (χ1v) is 6.20. The average molecular weight is 270 g/mol. The van der Waals surface area contributed by atoms with Crippen LogP contribution in [0.15, 0.2) is 17.9 Å². The molecule has 90 valence electrons. The summed E-state index contributed by atoms with van der Waals surface area (Å²) in [6.45, 7) is 4.00. The standard InChI is InChI=1S/C10H12ClN5S/c1-10(2,9-13-3-4-17-9)16-8-6(11)7(12)14-5-15-8/h3-5H,1-2H3,(H3,12,14,15,16). The van der Waals surface area contributed by atoms with E-state index in [1.165, 1.54) is 6.33 Å². The lowest BCUT2D eigenvalue weighted by molar-refractivity contribution is 0.601. The molecule has 2 aromatic rings. The first-order valence-electron chi connectivity index (χ1n) is 4.95. The topological polar surface area (TPSA) is 76.7 Å². The molecule has 0 spiro atoms. The van der Waals surface area contributed by atoms with Crippen molar-refractivity contribution in [3.8, 4) is 0 Å². The maximum atomic E-state index is 6.03. The van der Waals surface area contributed by atoms with Crippen LogP contribution in [0.1, 0.15) is 18.9 Å². The van der Waals surface area contributed by atoms with Gasteiger partial charge in [-0.1, -0.05) is 11.6 Å². The van der Waals surface area contributed by atoms with E-state index < -0.39 is 0 Å². The molecule has 0 aliphatic carbocycles. The number of thiazole rings is 1. The van der Waals surface area contributed by atoms with Crippen LogP contribution in [0.2, 0.25) is 5.02 Å². The third kappa shape index (κ3) is 2.48. The Labute approximate surface area is 108 Å². The summed E-state index contributed by atoms with van der Waals surface area (Å²) in [5, 5.41) is 6.42.